The summed E-state index contributed by atoms with van der Waals surface area (Å²) in [5.74, 6) is -0.984. The van der Waals surface area contributed by atoms with Gasteiger partial charge in [0.05, 0.1) is 16.6 Å². The standard InChI is InChI=1S/C12H14ClNO2/c13-10-5-1-2-6-11(10)14-7-3-4-9(8-14)12(15)16/h1-2,5-6,9H,3-4,7-8H2,(H,15,16)/t9-/m0/s1. The summed E-state index contributed by atoms with van der Waals surface area (Å²) in [6.07, 6.45) is 1.67. The van der Waals surface area contributed by atoms with Crippen molar-refractivity contribution in [3.63, 3.8) is 0 Å². The minimum absolute atomic E-state index is 0.273. The number of hydrogen-bond acceptors (Lipinski definition) is 2. The zero-order valence-corrected chi connectivity index (χ0v) is 9.65. The van der Waals surface area contributed by atoms with Crippen molar-refractivity contribution >= 4 is 23.3 Å². The van der Waals surface area contributed by atoms with Crippen molar-refractivity contribution in [3.8, 4) is 0 Å². The number of benzene rings is 1. The lowest BCUT2D eigenvalue weighted by atomic mass is 9.98. The Balaban J connectivity index is 2.16. The minimum Gasteiger partial charge on any atom is -0.481 e. The number of nitrogens with zero attached hydrogens (tertiary/aromatic N) is 1. The normalized spacial score (nSPS) is 20.8. The molecule has 1 N–H and O–H groups in total. The van der Waals surface area contributed by atoms with Crippen LogP contribution in [0.25, 0.3) is 0 Å². The number of para-hydroxylation sites is 1. The van der Waals surface area contributed by atoms with Crippen LogP contribution in [0.4, 0.5) is 5.69 Å². The van der Waals surface area contributed by atoms with Crippen LogP contribution >= 0.6 is 11.6 Å². The molecule has 0 amide bonds. The summed E-state index contributed by atoms with van der Waals surface area (Å²) in [5, 5.41) is 9.70. The fourth-order valence-electron chi connectivity index (χ4n) is 2.11. The molecule has 0 saturated carbocycles. The van der Waals surface area contributed by atoms with Gasteiger partial charge < -0.3 is 10.0 Å². The molecular weight excluding hydrogens is 226 g/mol. The maximum Gasteiger partial charge on any atom is 0.308 e. The molecule has 4 heteroatoms. The van der Waals surface area contributed by atoms with E-state index < -0.39 is 5.97 Å². The van der Waals surface area contributed by atoms with Crippen molar-refractivity contribution < 1.29 is 9.90 Å². The van der Waals surface area contributed by atoms with Crippen molar-refractivity contribution in [1.82, 2.24) is 0 Å². The summed E-state index contributed by atoms with van der Waals surface area (Å²) in [6, 6.07) is 7.57. The van der Waals surface area contributed by atoms with Gasteiger partial charge in [-0.1, -0.05) is 23.7 Å². The maximum absolute atomic E-state index is 11.0. The first-order valence-corrected chi connectivity index (χ1v) is 5.78. The minimum atomic E-state index is -0.711. The van der Waals surface area contributed by atoms with E-state index in [-0.39, 0.29) is 5.92 Å². The van der Waals surface area contributed by atoms with Gasteiger partial charge >= 0.3 is 5.97 Å². The highest BCUT2D eigenvalue weighted by molar-refractivity contribution is 6.33. The van der Waals surface area contributed by atoms with Crippen molar-refractivity contribution in [2.24, 2.45) is 5.92 Å². The van der Waals surface area contributed by atoms with Crippen LogP contribution in [0.2, 0.25) is 5.02 Å². The molecule has 0 aromatic heterocycles. The van der Waals surface area contributed by atoms with E-state index in [1.165, 1.54) is 0 Å². The maximum atomic E-state index is 11.0. The number of piperidine rings is 1. The summed E-state index contributed by atoms with van der Waals surface area (Å²) in [4.78, 5) is 13.0. The van der Waals surface area contributed by atoms with Gasteiger partial charge in [-0.15, -0.1) is 0 Å². The number of hydrogen-bond donors (Lipinski definition) is 1. The average molecular weight is 240 g/mol. The second-order valence-electron chi connectivity index (χ2n) is 4.07. The second-order valence-corrected chi connectivity index (χ2v) is 4.48. The molecule has 0 bridgehead atoms. The second kappa shape index (κ2) is 4.74. The Bertz CT molecular complexity index is 394. The molecule has 2 rings (SSSR count). The molecule has 3 nitrogen and oxygen atoms in total. The smallest absolute Gasteiger partial charge is 0.308 e. The van der Waals surface area contributed by atoms with E-state index in [0.717, 1.165) is 25.1 Å². The Kier molecular flexibility index (Phi) is 3.34. The Morgan fingerprint density at radius 2 is 2.19 bits per heavy atom. The molecule has 0 spiro atoms. The Morgan fingerprint density at radius 1 is 1.44 bits per heavy atom. The molecule has 1 aliphatic heterocycles. The molecule has 0 aliphatic carbocycles. The monoisotopic (exact) mass is 239 g/mol. The van der Waals surface area contributed by atoms with Crippen molar-refractivity contribution in [2.45, 2.75) is 12.8 Å². The van der Waals surface area contributed by atoms with Crippen LogP contribution in [0, 0.1) is 5.92 Å². The van der Waals surface area contributed by atoms with Gasteiger partial charge in [0, 0.05) is 13.1 Å². The molecule has 1 fully saturated rings. The van der Waals surface area contributed by atoms with Gasteiger partial charge in [0.1, 0.15) is 0 Å². The molecule has 86 valence electrons. The fraction of sp³-hybridized carbons (Fsp3) is 0.417. The van der Waals surface area contributed by atoms with Crippen LogP contribution in [-0.2, 0) is 4.79 Å². The lowest BCUT2D eigenvalue weighted by molar-refractivity contribution is -0.141. The van der Waals surface area contributed by atoms with Gasteiger partial charge in [-0.2, -0.15) is 0 Å². The van der Waals surface area contributed by atoms with Crippen LogP contribution in [0.3, 0.4) is 0 Å². The van der Waals surface area contributed by atoms with E-state index in [1.807, 2.05) is 24.3 Å². The van der Waals surface area contributed by atoms with Crippen LogP contribution in [0.1, 0.15) is 12.8 Å². The summed E-state index contributed by atoms with van der Waals surface area (Å²) in [5.41, 5.74) is 0.940. The number of rotatable bonds is 2. The number of anilines is 1. The molecule has 1 heterocycles. The van der Waals surface area contributed by atoms with Crippen molar-refractivity contribution in [2.75, 3.05) is 18.0 Å². The largest absolute Gasteiger partial charge is 0.481 e. The molecule has 1 atom stereocenters. The highest BCUT2D eigenvalue weighted by Gasteiger charge is 2.26. The summed E-state index contributed by atoms with van der Waals surface area (Å²) < 4.78 is 0. The van der Waals surface area contributed by atoms with Crippen LogP contribution in [-0.4, -0.2) is 24.2 Å². The van der Waals surface area contributed by atoms with Crippen LogP contribution < -0.4 is 4.90 Å². The lowest BCUT2D eigenvalue weighted by Gasteiger charge is -2.33. The molecule has 16 heavy (non-hydrogen) atoms. The third kappa shape index (κ3) is 2.30. The van der Waals surface area contributed by atoms with Gasteiger partial charge in [-0.3, -0.25) is 4.79 Å². The van der Waals surface area contributed by atoms with E-state index in [9.17, 15) is 4.79 Å². The Labute approximate surface area is 99.6 Å². The highest BCUT2D eigenvalue weighted by atomic mass is 35.5. The summed E-state index contributed by atoms with van der Waals surface area (Å²) in [7, 11) is 0. The summed E-state index contributed by atoms with van der Waals surface area (Å²) in [6.45, 7) is 1.44. The quantitative estimate of drug-likeness (QED) is 0.863. The molecule has 0 unspecified atom stereocenters. The SMILES string of the molecule is O=C(O)[C@H]1CCCN(c2ccccc2Cl)C1. The van der Waals surface area contributed by atoms with Crippen molar-refractivity contribution in [3.05, 3.63) is 29.3 Å². The van der Waals surface area contributed by atoms with E-state index >= 15 is 0 Å². The van der Waals surface area contributed by atoms with Crippen molar-refractivity contribution in [1.29, 1.82) is 0 Å². The van der Waals surface area contributed by atoms with Gasteiger partial charge in [-0.25, -0.2) is 0 Å². The zero-order valence-electron chi connectivity index (χ0n) is 8.90. The van der Waals surface area contributed by atoms with Gasteiger partial charge in [0.15, 0.2) is 0 Å². The third-order valence-corrected chi connectivity index (χ3v) is 3.28. The Hall–Kier alpha value is -1.22. The summed E-state index contributed by atoms with van der Waals surface area (Å²) >= 11 is 6.10. The Morgan fingerprint density at radius 3 is 2.88 bits per heavy atom. The third-order valence-electron chi connectivity index (χ3n) is 2.96. The molecule has 1 aromatic carbocycles. The van der Waals surface area contributed by atoms with E-state index in [1.54, 1.807) is 0 Å². The predicted octanol–water partition coefficient (Wildman–Crippen LogP) is 2.64. The number of carboxylic acids is 1. The van der Waals surface area contributed by atoms with E-state index in [2.05, 4.69) is 4.90 Å². The highest BCUT2D eigenvalue weighted by Crippen LogP contribution is 2.29. The van der Waals surface area contributed by atoms with Gasteiger partial charge in [-0.05, 0) is 25.0 Å². The molecule has 0 radical (unpaired) electrons. The predicted molar refractivity (Wildman–Crippen MR) is 64.0 cm³/mol. The molecular formula is C12H14ClNO2. The number of carboxylic acid groups (broad SMARTS) is 1. The van der Waals surface area contributed by atoms with Gasteiger partial charge in [0.25, 0.3) is 0 Å². The first-order valence-electron chi connectivity index (χ1n) is 5.41. The lowest BCUT2D eigenvalue weighted by Crippen LogP contribution is -2.38. The van der Waals surface area contributed by atoms with E-state index in [4.69, 9.17) is 16.7 Å². The average Bonchev–Trinajstić information content (AvgIpc) is 2.30. The van der Waals surface area contributed by atoms with E-state index in [0.29, 0.717) is 11.6 Å². The molecule has 1 saturated heterocycles. The zero-order chi connectivity index (χ0) is 11.5. The van der Waals surface area contributed by atoms with Crippen LogP contribution in [0.5, 0.6) is 0 Å². The topological polar surface area (TPSA) is 40.5 Å². The van der Waals surface area contributed by atoms with Gasteiger partial charge in [0.2, 0.25) is 0 Å². The first kappa shape index (κ1) is 11.3. The first-order chi connectivity index (χ1) is 7.68. The van der Waals surface area contributed by atoms with Crippen LogP contribution in [0.15, 0.2) is 24.3 Å². The number of aliphatic carboxylic acids is 1. The molecule has 1 aliphatic rings. The number of carbonyl (C=O) groups is 1. The number of halogens is 1. The fourth-order valence-corrected chi connectivity index (χ4v) is 2.36. The molecule has 1 aromatic rings.